The SMILES string of the molecule is COC(=O)c1csc(-n2c(=O)[nH]c3ccccc3c2=O)c1. The van der Waals surface area contributed by atoms with E-state index in [2.05, 4.69) is 9.72 Å². The summed E-state index contributed by atoms with van der Waals surface area (Å²) >= 11 is 1.13. The van der Waals surface area contributed by atoms with Crippen molar-refractivity contribution in [2.24, 2.45) is 0 Å². The molecule has 0 atom stereocenters. The Morgan fingerprint density at radius 2 is 2.05 bits per heavy atom. The van der Waals surface area contributed by atoms with E-state index in [0.717, 1.165) is 15.9 Å². The minimum Gasteiger partial charge on any atom is -0.465 e. The van der Waals surface area contributed by atoms with Gasteiger partial charge in [0, 0.05) is 5.38 Å². The maximum Gasteiger partial charge on any atom is 0.338 e. The summed E-state index contributed by atoms with van der Waals surface area (Å²) < 4.78 is 5.62. The first-order chi connectivity index (χ1) is 10.1. The molecule has 0 saturated heterocycles. The third kappa shape index (κ3) is 2.17. The van der Waals surface area contributed by atoms with E-state index in [1.165, 1.54) is 13.2 Å². The lowest BCUT2D eigenvalue weighted by Crippen LogP contribution is -2.32. The second-order valence-corrected chi connectivity index (χ2v) is 5.17. The molecule has 7 heteroatoms. The fourth-order valence-corrected chi connectivity index (χ4v) is 2.91. The normalized spacial score (nSPS) is 10.7. The first-order valence-electron chi connectivity index (χ1n) is 6.03. The lowest BCUT2D eigenvalue weighted by Gasteiger charge is -2.03. The van der Waals surface area contributed by atoms with Crippen molar-refractivity contribution >= 4 is 28.2 Å². The van der Waals surface area contributed by atoms with Crippen LogP contribution in [0.1, 0.15) is 10.4 Å². The Morgan fingerprint density at radius 1 is 1.29 bits per heavy atom. The average molecular weight is 302 g/mol. The molecule has 0 fully saturated rings. The highest BCUT2D eigenvalue weighted by Crippen LogP contribution is 2.18. The number of fused-ring (bicyclic) bond motifs is 1. The summed E-state index contributed by atoms with van der Waals surface area (Å²) in [6.45, 7) is 0. The molecular weight excluding hydrogens is 292 g/mol. The van der Waals surface area contributed by atoms with Gasteiger partial charge in [-0.2, -0.15) is 0 Å². The molecule has 6 nitrogen and oxygen atoms in total. The predicted octanol–water partition coefficient (Wildman–Crippen LogP) is 1.53. The van der Waals surface area contributed by atoms with Crippen molar-refractivity contribution in [2.45, 2.75) is 0 Å². The number of carbonyl (C=O) groups excluding carboxylic acids is 1. The quantitative estimate of drug-likeness (QED) is 0.728. The largest absolute Gasteiger partial charge is 0.465 e. The van der Waals surface area contributed by atoms with Crippen LogP contribution in [0.5, 0.6) is 0 Å². The zero-order valence-corrected chi connectivity index (χ0v) is 11.8. The summed E-state index contributed by atoms with van der Waals surface area (Å²) in [5, 5.41) is 2.32. The molecule has 3 rings (SSSR count). The maximum atomic E-state index is 12.4. The minimum absolute atomic E-state index is 0.303. The molecule has 21 heavy (non-hydrogen) atoms. The van der Waals surface area contributed by atoms with Gasteiger partial charge in [-0.3, -0.25) is 4.79 Å². The number of para-hydroxylation sites is 1. The zero-order valence-electron chi connectivity index (χ0n) is 11.0. The van der Waals surface area contributed by atoms with E-state index in [4.69, 9.17) is 0 Å². The number of thiophene rings is 1. The van der Waals surface area contributed by atoms with Gasteiger partial charge >= 0.3 is 11.7 Å². The Labute approximate surface area is 122 Å². The van der Waals surface area contributed by atoms with Gasteiger partial charge in [0.15, 0.2) is 0 Å². The molecule has 0 radical (unpaired) electrons. The molecule has 0 saturated carbocycles. The topological polar surface area (TPSA) is 81.2 Å². The number of aromatic amines is 1. The molecule has 1 N–H and O–H groups in total. The lowest BCUT2D eigenvalue weighted by atomic mass is 10.2. The predicted molar refractivity (Wildman–Crippen MR) is 79.4 cm³/mol. The number of aromatic nitrogens is 2. The molecule has 0 aliphatic heterocycles. The summed E-state index contributed by atoms with van der Waals surface area (Å²) in [4.78, 5) is 38.6. The van der Waals surface area contributed by atoms with Gasteiger partial charge in [-0.1, -0.05) is 12.1 Å². The number of ether oxygens (including phenoxy) is 1. The Bertz CT molecular complexity index is 951. The van der Waals surface area contributed by atoms with Gasteiger partial charge in [-0.25, -0.2) is 14.2 Å². The Hall–Kier alpha value is -2.67. The second-order valence-electron chi connectivity index (χ2n) is 4.28. The first kappa shape index (κ1) is 13.3. The molecule has 0 aliphatic carbocycles. The van der Waals surface area contributed by atoms with Gasteiger partial charge in [0.05, 0.1) is 23.6 Å². The van der Waals surface area contributed by atoms with E-state index >= 15 is 0 Å². The average Bonchev–Trinajstić information content (AvgIpc) is 2.96. The van der Waals surface area contributed by atoms with Gasteiger partial charge in [0.25, 0.3) is 5.56 Å². The number of nitrogens with zero attached hydrogens (tertiary/aromatic N) is 1. The summed E-state index contributed by atoms with van der Waals surface area (Å²) in [5.74, 6) is -0.511. The van der Waals surface area contributed by atoms with Crippen molar-refractivity contribution < 1.29 is 9.53 Å². The molecule has 2 heterocycles. The van der Waals surface area contributed by atoms with E-state index in [-0.39, 0.29) is 0 Å². The van der Waals surface area contributed by atoms with E-state index < -0.39 is 17.2 Å². The lowest BCUT2D eigenvalue weighted by molar-refractivity contribution is 0.0601. The van der Waals surface area contributed by atoms with Crippen molar-refractivity contribution in [2.75, 3.05) is 7.11 Å². The van der Waals surface area contributed by atoms with E-state index in [9.17, 15) is 14.4 Å². The maximum absolute atomic E-state index is 12.4. The third-order valence-corrected chi connectivity index (χ3v) is 3.95. The summed E-state index contributed by atoms with van der Waals surface area (Å²) in [5.41, 5.74) is -0.185. The molecule has 0 bridgehead atoms. The first-order valence-corrected chi connectivity index (χ1v) is 6.91. The van der Waals surface area contributed by atoms with Gasteiger partial charge in [-0.15, -0.1) is 11.3 Å². The fraction of sp³-hybridized carbons (Fsp3) is 0.0714. The van der Waals surface area contributed by atoms with Crippen LogP contribution in [0, 0.1) is 0 Å². The number of H-pyrrole nitrogens is 1. The number of methoxy groups -OCH3 is 1. The molecule has 0 spiro atoms. The summed E-state index contributed by atoms with van der Waals surface area (Å²) in [6, 6.07) is 8.22. The van der Waals surface area contributed by atoms with Crippen molar-refractivity contribution in [3.8, 4) is 5.00 Å². The third-order valence-electron chi connectivity index (χ3n) is 3.03. The smallest absolute Gasteiger partial charge is 0.338 e. The Balaban J connectivity index is 2.25. The fourth-order valence-electron chi connectivity index (χ4n) is 2.03. The van der Waals surface area contributed by atoms with Crippen LogP contribution in [0.4, 0.5) is 0 Å². The monoisotopic (exact) mass is 302 g/mol. The highest BCUT2D eigenvalue weighted by Gasteiger charge is 2.14. The van der Waals surface area contributed by atoms with Crippen LogP contribution < -0.4 is 11.2 Å². The van der Waals surface area contributed by atoms with Gasteiger partial charge in [0.2, 0.25) is 0 Å². The number of carbonyl (C=O) groups is 1. The second kappa shape index (κ2) is 5.02. The Kier molecular flexibility index (Phi) is 3.19. The van der Waals surface area contributed by atoms with Crippen LogP contribution in [-0.2, 0) is 4.74 Å². The van der Waals surface area contributed by atoms with E-state index in [1.54, 1.807) is 29.6 Å². The van der Waals surface area contributed by atoms with Crippen molar-refractivity contribution in [1.82, 2.24) is 9.55 Å². The minimum atomic E-state index is -0.544. The van der Waals surface area contributed by atoms with Crippen molar-refractivity contribution in [3.05, 3.63) is 62.1 Å². The Morgan fingerprint density at radius 3 is 2.81 bits per heavy atom. The van der Waals surface area contributed by atoms with Crippen LogP contribution in [0.15, 0.2) is 45.3 Å². The van der Waals surface area contributed by atoms with Gasteiger partial charge in [-0.05, 0) is 18.2 Å². The molecule has 2 aromatic heterocycles. The van der Waals surface area contributed by atoms with E-state index in [1.807, 2.05) is 0 Å². The number of rotatable bonds is 2. The molecule has 1 aromatic carbocycles. The summed E-state index contributed by atoms with van der Waals surface area (Å²) in [6.07, 6.45) is 0. The number of nitrogens with one attached hydrogen (secondary N) is 1. The molecule has 106 valence electrons. The standard InChI is InChI=1S/C14H10N2O4S/c1-20-13(18)8-6-11(21-7-8)16-12(17)9-4-2-3-5-10(9)15-14(16)19/h2-7H,1H3,(H,15,19). The van der Waals surface area contributed by atoms with Crippen molar-refractivity contribution in [3.63, 3.8) is 0 Å². The molecule has 3 aromatic rings. The number of esters is 1. The highest BCUT2D eigenvalue weighted by atomic mass is 32.1. The molecule has 0 amide bonds. The van der Waals surface area contributed by atoms with Gasteiger partial charge in [0.1, 0.15) is 5.00 Å². The van der Waals surface area contributed by atoms with Crippen LogP contribution >= 0.6 is 11.3 Å². The molecule has 0 unspecified atom stereocenters. The van der Waals surface area contributed by atoms with E-state index in [0.29, 0.717) is 21.5 Å². The van der Waals surface area contributed by atoms with Crippen LogP contribution in [-0.4, -0.2) is 22.6 Å². The van der Waals surface area contributed by atoms with Crippen LogP contribution in [0.3, 0.4) is 0 Å². The van der Waals surface area contributed by atoms with Crippen molar-refractivity contribution in [1.29, 1.82) is 0 Å². The molecular formula is C14H10N2O4S. The van der Waals surface area contributed by atoms with Crippen LogP contribution in [0.25, 0.3) is 15.9 Å². The van der Waals surface area contributed by atoms with Crippen LogP contribution in [0.2, 0.25) is 0 Å². The zero-order chi connectivity index (χ0) is 15.0. The highest BCUT2D eigenvalue weighted by molar-refractivity contribution is 7.12. The van der Waals surface area contributed by atoms with Gasteiger partial charge < -0.3 is 9.72 Å². The number of hydrogen-bond acceptors (Lipinski definition) is 5. The molecule has 0 aliphatic rings. The number of benzene rings is 1. The summed E-state index contributed by atoms with van der Waals surface area (Å²) in [7, 11) is 1.27. The number of hydrogen-bond donors (Lipinski definition) is 1.